The van der Waals surface area contributed by atoms with Crippen LogP contribution in [0.25, 0.3) is 10.9 Å². The molecule has 1 atom stereocenters. The molecule has 0 saturated carbocycles. The first-order chi connectivity index (χ1) is 9.22. The van der Waals surface area contributed by atoms with Crippen LogP contribution >= 0.6 is 49.9 Å². The van der Waals surface area contributed by atoms with Crippen molar-refractivity contribution in [2.45, 2.75) is 11.2 Å². The molecular formula is C15H11BrINS. The first-order valence-electron chi connectivity index (χ1n) is 5.95. The summed E-state index contributed by atoms with van der Waals surface area (Å²) < 4.78 is 1.32. The van der Waals surface area contributed by atoms with E-state index in [0.29, 0.717) is 4.83 Å². The predicted molar refractivity (Wildman–Crippen MR) is 94.2 cm³/mol. The molecule has 1 aromatic carbocycles. The van der Waals surface area contributed by atoms with Crippen LogP contribution in [-0.2, 0) is 6.42 Å². The summed E-state index contributed by atoms with van der Waals surface area (Å²) in [5.74, 6) is 0. The normalized spacial score (nSPS) is 12.7. The molecular weight excluding hydrogens is 433 g/mol. The summed E-state index contributed by atoms with van der Waals surface area (Å²) in [6.07, 6.45) is 0.914. The molecule has 0 N–H and O–H groups in total. The molecule has 0 aliphatic rings. The second kappa shape index (κ2) is 5.89. The molecule has 0 spiro atoms. The Labute approximate surface area is 138 Å². The Bertz CT molecular complexity index is 710. The smallest absolute Gasteiger partial charge is 0.0705 e. The van der Waals surface area contributed by atoms with Gasteiger partial charge in [0.2, 0.25) is 0 Å². The van der Waals surface area contributed by atoms with Crippen LogP contribution in [0, 0.1) is 2.88 Å². The van der Waals surface area contributed by atoms with E-state index in [4.69, 9.17) is 4.98 Å². The van der Waals surface area contributed by atoms with Crippen molar-refractivity contribution in [2.75, 3.05) is 0 Å². The first-order valence-corrected chi connectivity index (χ1v) is 8.82. The Kier molecular flexibility index (Phi) is 4.19. The van der Waals surface area contributed by atoms with E-state index < -0.39 is 0 Å². The topological polar surface area (TPSA) is 12.9 Å². The maximum Gasteiger partial charge on any atom is 0.0705 e. The molecule has 19 heavy (non-hydrogen) atoms. The van der Waals surface area contributed by atoms with Crippen LogP contribution in [0.3, 0.4) is 0 Å². The Morgan fingerprint density at radius 3 is 2.84 bits per heavy atom. The molecule has 0 radical (unpaired) electrons. The Morgan fingerprint density at radius 2 is 2.05 bits per heavy atom. The molecule has 2 heterocycles. The fourth-order valence-corrected chi connectivity index (χ4v) is 4.21. The van der Waals surface area contributed by atoms with Gasteiger partial charge < -0.3 is 0 Å². The predicted octanol–water partition coefficient (Wildman–Crippen LogP) is 5.58. The average molecular weight is 444 g/mol. The summed E-state index contributed by atoms with van der Waals surface area (Å²) in [4.78, 5) is 5.05. The lowest BCUT2D eigenvalue weighted by molar-refractivity contribution is 0.917. The van der Waals surface area contributed by atoms with Gasteiger partial charge in [0.25, 0.3) is 0 Å². The zero-order valence-electron chi connectivity index (χ0n) is 10.0. The lowest BCUT2D eigenvalue weighted by Gasteiger charge is -2.08. The van der Waals surface area contributed by atoms with Gasteiger partial charge in [-0.05, 0) is 51.7 Å². The van der Waals surface area contributed by atoms with Gasteiger partial charge in [-0.1, -0.05) is 40.2 Å². The second-order valence-corrected chi connectivity index (χ2v) is 8.26. The first kappa shape index (κ1) is 13.5. The number of halogens is 2. The minimum absolute atomic E-state index is 0.334. The van der Waals surface area contributed by atoms with E-state index in [1.54, 1.807) is 11.3 Å². The third-order valence-corrected chi connectivity index (χ3v) is 5.65. The van der Waals surface area contributed by atoms with Gasteiger partial charge in [-0.2, -0.15) is 0 Å². The van der Waals surface area contributed by atoms with Crippen LogP contribution in [0.1, 0.15) is 16.1 Å². The summed E-state index contributed by atoms with van der Waals surface area (Å²) in [6, 6.07) is 14.7. The highest BCUT2D eigenvalue weighted by Crippen LogP contribution is 2.31. The molecule has 0 aliphatic carbocycles. The fraction of sp³-hybridized carbons (Fsp3) is 0.133. The number of hydrogen-bond acceptors (Lipinski definition) is 2. The number of benzene rings is 1. The van der Waals surface area contributed by atoms with Gasteiger partial charge >= 0.3 is 0 Å². The number of thiophene rings is 1. The number of alkyl halides is 1. The third kappa shape index (κ3) is 3.17. The van der Waals surface area contributed by atoms with Crippen LogP contribution in [-0.4, -0.2) is 4.98 Å². The lowest BCUT2D eigenvalue weighted by atomic mass is 10.1. The molecule has 1 nitrogen and oxygen atoms in total. The van der Waals surface area contributed by atoms with Crippen molar-refractivity contribution >= 4 is 60.8 Å². The molecule has 2 aromatic heterocycles. The monoisotopic (exact) mass is 443 g/mol. The molecule has 4 heteroatoms. The van der Waals surface area contributed by atoms with Crippen LogP contribution in [0.5, 0.6) is 0 Å². The minimum Gasteiger partial charge on any atom is -0.253 e. The van der Waals surface area contributed by atoms with E-state index in [9.17, 15) is 0 Å². The van der Waals surface area contributed by atoms with Crippen molar-refractivity contribution in [1.29, 1.82) is 0 Å². The molecule has 0 aliphatic heterocycles. The quantitative estimate of drug-likeness (QED) is 0.380. The highest BCUT2D eigenvalue weighted by atomic mass is 127. The lowest BCUT2D eigenvalue weighted by Crippen LogP contribution is -1.97. The molecule has 3 aromatic rings. The van der Waals surface area contributed by atoms with Gasteiger partial charge in [-0.25, -0.2) is 0 Å². The van der Waals surface area contributed by atoms with Crippen molar-refractivity contribution in [3.05, 3.63) is 62.0 Å². The van der Waals surface area contributed by atoms with Gasteiger partial charge in [0.1, 0.15) is 0 Å². The van der Waals surface area contributed by atoms with Crippen molar-refractivity contribution < 1.29 is 0 Å². The van der Waals surface area contributed by atoms with Gasteiger partial charge in [-0.15, -0.1) is 11.3 Å². The van der Waals surface area contributed by atoms with Crippen molar-refractivity contribution in [3.63, 3.8) is 0 Å². The number of hydrogen-bond donors (Lipinski definition) is 0. The SMILES string of the molecule is BrC(Cc1ccc2ccccc2n1)c1csc(I)c1. The van der Waals surface area contributed by atoms with Gasteiger partial charge in [0, 0.05) is 22.3 Å². The molecule has 96 valence electrons. The van der Waals surface area contributed by atoms with Crippen LogP contribution in [0.15, 0.2) is 47.8 Å². The van der Waals surface area contributed by atoms with Crippen LogP contribution < -0.4 is 0 Å². The molecule has 1 unspecified atom stereocenters. The van der Waals surface area contributed by atoms with E-state index in [2.05, 4.69) is 74.2 Å². The van der Waals surface area contributed by atoms with E-state index >= 15 is 0 Å². The van der Waals surface area contributed by atoms with E-state index in [1.165, 1.54) is 13.8 Å². The van der Waals surface area contributed by atoms with Crippen LogP contribution in [0.2, 0.25) is 0 Å². The van der Waals surface area contributed by atoms with Crippen molar-refractivity contribution in [1.82, 2.24) is 4.98 Å². The van der Waals surface area contributed by atoms with Gasteiger partial charge in [-0.3, -0.25) is 4.98 Å². The number of fused-ring (bicyclic) bond motifs is 1. The highest BCUT2D eigenvalue weighted by molar-refractivity contribution is 14.1. The molecule has 3 rings (SSSR count). The number of pyridine rings is 1. The van der Waals surface area contributed by atoms with E-state index in [-0.39, 0.29) is 0 Å². The third-order valence-electron chi connectivity index (χ3n) is 2.99. The van der Waals surface area contributed by atoms with E-state index in [0.717, 1.165) is 17.6 Å². The summed E-state index contributed by atoms with van der Waals surface area (Å²) in [7, 11) is 0. The Morgan fingerprint density at radius 1 is 1.21 bits per heavy atom. The minimum atomic E-state index is 0.334. The maximum absolute atomic E-state index is 4.72. The number of aromatic nitrogens is 1. The number of para-hydroxylation sites is 1. The summed E-state index contributed by atoms with van der Waals surface area (Å²) in [5, 5.41) is 3.41. The zero-order valence-corrected chi connectivity index (χ0v) is 14.6. The summed E-state index contributed by atoms with van der Waals surface area (Å²) >= 11 is 7.90. The van der Waals surface area contributed by atoms with E-state index in [1.807, 2.05) is 12.1 Å². The average Bonchev–Trinajstić information content (AvgIpc) is 2.85. The number of rotatable bonds is 3. The van der Waals surface area contributed by atoms with Crippen molar-refractivity contribution in [2.24, 2.45) is 0 Å². The number of nitrogens with zero attached hydrogens (tertiary/aromatic N) is 1. The summed E-state index contributed by atoms with van der Waals surface area (Å²) in [5.41, 5.74) is 3.53. The molecule has 0 fully saturated rings. The Balaban J connectivity index is 1.84. The maximum atomic E-state index is 4.72. The Hall–Kier alpha value is -0.460. The molecule has 0 bridgehead atoms. The van der Waals surface area contributed by atoms with Gasteiger partial charge in [0.15, 0.2) is 0 Å². The van der Waals surface area contributed by atoms with Crippen molar-refractivity contribution in [3.8, 4) is 0 Å². The molecule has 0 amide bonds. The van der Waals surface area contributed by atoms with Gasteiger partial charge in [0.05, 0.1) is 8.40 Å². The highest BCUT2D eigenvalue weighted by Gasteiger charge is 2.11. The fourth-order valence-electron chi connectivity index (χ4n) is 2.01. The molecule has 0 saturated heterocycles. The summed E-state index contributed by atoms with van der Waals surface area (Å²) in [6.45, 7) is 0. The van der Waals surface area contributed by atoms with Crippen LogP contribution in [0.4, 0.5) is 0 Å². The second-order valence-electron chi connectivity index (χ2n) is 4.35. The zero-order chi connectivity index (χ0) is 13.2. The largest absolute Gasteiger partial charge is 0.253 e. The standard InChI is InChI=1S/C15H11BrINS/c16-13(11-7-15(17)19-9-11)8-12-6-5-10-3-1-2-4-14(10)18-12/h1-7,9,13H,8H2.